The number of carbonyl (C=O) groups is 1. The topological polar surface area (TPSA) is 81.9 Å². The molecule has 1 aliphatic heterocycles. The Morgan fingerprint density at radius 2 is 2.08 bits per heavy atom. The molecule has 1 aromatic heterocycles. The predicted octanol–water partition coefficient (Wildman–Crippen LogP) is 1.99. The van der Waals surface area contributed by atoms with Crippen molar-refractivity contribution in [2.45, 2.75) is 12.8 Å². The minimum atomic E-state index is -0.0510. The van der Waals surface area contributed by atoms with Gasteiger partial charge < -0.3 is 10.2 Å². The molecule has 1 aromatic carbocycles. The predicted molar refractivity (Wildman–Crippen MR) is 90.5 cm³/mol. The first-order valence-electron chi connectivity index (χ1n) is 8.07. The number of nitrogens with zero attached hydrogens (tertiary/aromatic N) is 4. The standard InChI is InChI=1S/C18H19N5O/c19-11-16-17(21-9-8-20-16)23-10-4-5-14(13-23)12-22-18(24)15-6-2-1-3-7-15/h1-3,6-9,14H,4-5,10,12-13H2,(H,22,24)/t14-/m0/s1. The van der Waals surface area contributed by atoms with Crippen LogP contribution in [0.5, 0.6) is 0 Å². The number of benzene rings is 1. The molecule has 1 amide bonds. The molecule has 1 aliphatic rings. The summed E-state index contributed by atoms with van der Waals surface area (Å²) in [6, 6.07) is 11.3. The van der Waals surface area contributed by atoms with Crippen LogP contribution in [0, 0.1) is 17.2 Å². The number of piperidine rings is 1. The van der Waals surface area contributed by atoms with Gasteiger partial charge in [0.15, 0.2) is 11.5 Å². The van der Waals surface area contributed by atoms with Crippen molar-refractivity contribution >= 4 is 11.7 Å². The second-order valence-electron chi connectivity index (χ2n) is 5.87. The van der Waals surface area contributed by atoms with Crippen molar-refractivity contribution in [2.24, 2.45) is 5.92 Å². The first kappa shape index (κ1) is 15.9. The van der Waals surface area contributed by atoms with Crippen molar-refractivity contribution in [1.82, 2.24) is 15.3 Å². The van der Waals surface area contributed by atoms with E-state index in [9.17, 15) is 10.1 Å². The molecular formula is C18H19N5O. The van der Waals surface area contributed by atoms with Gasteiger partial charge in [-0.1, -0.05) is 18.2 Å². The van der Waals surface area contributed by atoms with Gasteiger partial charge in [0.05, 0.1) is 0 Å². The molecule has 122 valence electrons. The number of hydrogen-bond donors (Lipinski definition) is 1. The molecule has 3 rings (SSSR count). The molecule has 0 saturated carbocycles. The molecule has 6 heteroatoms. The highest BCUT2D eigenvalue weighted by atomic mass is 16.1. The molecule has 0 unspecified atom stereocenters. The summed E-state index contributed by atoms with van der Waals surface area (Å²) in [6.45, 7) is 2.24. The third kappa shape index (κ3) is 3.69. The minimum Gasteiger partial charge on any atom is -0.354 e. The van der Waals surface area contributed by atoms with Crippen molar-refractivity contribution < 1.29 is 4.79 Å². The highest BCUT2D eigenvalue weighted by Gasteiger charge is 2.23. The van der Waals surface area contributed by atoms with Gasteiger partial charge in [0.2, 0.25) is 0 Å². The van der Waals surface area contributed by atoms with E-state index in [2.05, 4.69) is 26.3 Å². The average molecular weight is 321 g/mol. The number of hydrogen-bond acceptors (Lipinski definition) is 5. The van der Waals surface area contributed by atoms with Gasteiger partial charge in [-0.15, -0.1) is 0 Å². The second-order valence-corrected chi connectivity index (χ2v) is 5.87. The monoisotopic (exact) mass is 321 g/mol. The molecule has 0 radical (unpaired) electrons. The lowest BCUT2D eigenvalue weighted by molar-refractivity contribution is 0.0945. The maximum Gasteiger partial charge on any atom is 0.251 e. The lowest BCUT2D eigenvalue weighted by Gasteiger charge is -2.33. The lowest BCUT2D eigenvalue weighted by atomic mass is 9.97. The van der Waals surface area contributed by atoms with Crippen LogP contribution in [0.15, 0.2) is 42.7 Å². The number of nitriles is 1. The van der Waals surface area contributed by atoms with E-state index in [1.807, 2.05) is 18.2 Å². The number of amides is 1. The zero-order valence-electron chi connectivity index (χ0n) is 13.4. The maximum atomic E-state index is 12.1. The van der Waals surface area contributed by atoms with Crippen LogP contribution < -0.4 is 10.2 Å². The number of rotatable bonds is 4. The van der Waals surface area contributed by atoms with Crippen molar-refractivity contribution in [2.75, 3.05) is 24.5 Å². The molecule has 24 heavy (non-hydrogen) atoms. The summed E-state index contributed by atoms with van der Waals surface area (Å²) in [4.78, 5) is 22.6. The highest BCUT2D eigenvalue weighted by Crippen LogP contribution is 2.22. The number of anilines is 1. The molecule has 1 fully saturated rings. The van der Waals surface area contributed by atoms with Gasteiger partial charge in [-0.05, 0) is 30.9 Å². The van der Waals surface area contributed by atoms with Crippen LogP contribution in [0.4, 0.5) is 5.82 Å². The van der Waals surface area contributed by atoms with Gasteiger partial charge in [-0.2, -0.15) is 5.26 Å². The first-order chi connectivity index (χ1) is 11.8. The summed E-state index contributed by atoms with van der Waals surface area (Å²) in [5, 5.41) is 12.2. The lowest BCUT2D eigenvalue weighted by Crippen LogP contribution is -2.41. The van der Waals surface area contributed by atoms with Crippen molar-refractivity contribution in [3.63, 3.8) is 0 Å². The Bertz CT molecular complexity index is 741. The summed E-state index contributed by atoms with van der Waals surface area (Å²) in [7, 11) is 0. The van der Waals surface area contributed by atoms with Crippen molar-refractivity contribution in [3.8, 4) is 6.07 Å². The SMILES string of the molecule is N#Cc1nccnc1N1CCC[C@@H](CNC(=O)c2ccccc2)C1. The molecule has 1 saturated heterocycles. The average Bonchev–Trinajstić information content (AvgIpc) is 2.67. The van der Waals surface area contributed by atoms with Gasteiger partial charge >= 0.3 is 0 Å². The molecular weight excluding hydrogens is 302 g/mol. The second kappa shape index (κ2) is 7.55. The zero-order chi connectivity index (χ0) is 16.8. The molecule has 1 N–H and O–H groups in total. The fraction of sp³-hybridized carbons (Fsp3) is 0.333. The van der Waals surface area contributed by atoms with Crippen LogP contribution in [-0.4, -0.2) is 35.5 Å². The van der Waals surface area contributed by atoms with E-state index >= 15 is 0 Å². The quantitative estimate of drug-likeness (QED) is 0.931. The van der Waals surface area contributed by atoms with Gasteiger partial charge in [0, 0.05) is 37.6 Å². The molecule has 2 aromatic rings. The Balaban J connectivity index is 1.60. The van der Waals surface area contributed by atoms with E-state index in [0.29, 0.717) is 29.5 Å². The normalized spacial score (nSPS) is 17.1. The summed E-state index contributed by atoms with van der Waals surface area (Å²) >= 11 is 0. The Kier molecular flexibility index (Phi) is 5.02. The van der Waals surface area contributed by atoms with Gasteiger partial charge in [-0.25, -0.2) is 9.97 Å². The Morgan fingerprint density at radius 3 is 2.88 bits per heavy atom. The van der Waals surface area contributed by atoms with Gasteiger partial charge in [0.25, 0.3) is 5.91 Å². The van der Waals surface area contributed by atoms with E-state index in [4.69, 9.17) is 0 Å². The Morgan fingerprint density at radius 1 is 1.29 bits per heavy atom. The molecule has 6 nitrogen and oxygen atoms in total. The third-order valence-electron chi connectivity index (χ3n) is 4.19. The van der Waals surface area contributed by atoms with Crippen LogP contribution in [0.3, 0.4) is 0 Å². The third-order valence-corrected chi connectivity index (χ3v) is 4.19. The van der Waals surface area contributed by atoms with E-state index < -0.39 is 0 Å². The van der Waals surface area contributed by atoms with Crippen LogP contribution in [-0.2, 0) is 0 Å². The molecule has 1 atom stereocenters. The van der Waals surface area contributed by atoms with Gasteiger partial charge in [0.1, 0.15) is 6.07 Å². The Hall–Kier alpha value is -2.94. The molecule has 2 heterocycles. The van der Waals surface area contributed by atoms with Crippen LogP contribution in [0.25, 0.3) is 0 Å². The van der Waals surface area contributed by atoms with E-state index in [-0.39, 0.29) is 5.91 Å². The number of aromatic nitrogens is 2. The number of nitrogens with one attached hydrogen (secondary N) is 1. The van der Waals surface area contributed by atoms with E-state index in [1.165, 1.54) is 6.20 Å². The fourth-order valence-electron chi connectivity index (χ4n) is 2.99. The van der Waals surface area contributed by atoms with E-state index in [0.717, 1.165) is 25.9 Å². The fourth-order valence-corrected chi connectivity index (χ4v) is 2.99. The van der Waals surface area contributed by atoms with E-state index in [1.54, 1.807) is 18.3 Å². The maximum absolute atomic E-state index is 12.1. The van der Waals surface area contributed by atoms with Crippen LogP contribution >= 0.6 is 0 Å². The molecule has 0 spiro atoms. The largest absolute Gasteiger partial charge is 0.354 e. The smallest absolute Gasteiger partial charge is 0.251 e. The molecule has 0 bridgehead atoms. The van der Waals surface area contributed by atoms with Gasteiger partial charge in [-0.3, -0.25) is 4.79 Å². The highest BCUT2D eigenvalue weighted by molar-refractivity contribution is 5.94. The minimum absolute atomic E-state index is 0.0510. The summed E-state index contributed by atoms with van der Waals surface area (Å²) < 4.78 is 0. The summed E-state index contributed by atoms with van der Waals surface area (Å²) in [5.74, 6) is 0.920. The summed E-state index contributed by atoms with van der Waals surface area (Å²) in [5.41, 5.74) is 1.03. The zero-order valence-corrected chi connectivity index (χ0v) is 13.4. The van der Waals surface area contributed by atoms with Crippen LogP contribution in [0.2, 0.25) is 0 Å². The van der Waals surface area contributed by atoms with Crippen molar-refractivity contribution in [1.29, 1.82) is 5.26 Å². The summed E-state index contributed by atoms with van der Waals surface area (Å²) in [6.07, 6.45) is 5.20. The number of carbonyl (C=O) groups excluding carboxylic acids is 1. The van der Waals surface area contributed by atoms with Crippen molar-refractivity contribution in [3.05, 3.63) is 54.0 Å². The first-order valence-corrected chi connectivity index (χ1v) is 8.07. The molecule has 0 aliphatic carbocycles. The van der Waals surface area contributed by atoms with Crippen LogP contribution in [0.1, 0.15) is 28.9 Å². The Labute approximate surface area is 141 Å².